The van der Waals surface area contributed by atoms with Crippen molar-refractivity contribution in [3.63, 3.8) is 0 Å². The Kier molecular flexibility index (Phi) is 5.31. The smallest absolute Gasteiger partial charge is 0.322 e. The molecule has 2 atom stereocenters. The summed E-state index contributed by atoms with van der Waals surface area (Å²) in [6, 6.07) is 13.8. The molecule has 2 aromatic carbocycles. The molecule has 34 heavy (non-hydrogen) atoms. The number of hydrogen-bond acceptors (Lipinski definition) is 2. The van der Waals surface area contributed by atoms with Gasteiger partial charge in [0.05, 0.1) is 18.3 Å². The van der Waals surface area contributed by atoms with Crippen LogP contribution in [-0.2, 0) is 6.42 Å². The molecule has 0 spiro atoms. The van der Waals surface area contributed by atoms with Gasteiger partial charge in [-0.2, -0.15) is 17.6 Å². The summed E-state index contributed by atoms with van der Waals surface area (Å²) in [7, 11) is 0. The van der Waals surface area contributed by atoms with E-state index in [1.54, 1.807) is 25.1 Å². The van der Waals surface area contributed by atoms with E-state index in [9.17, 15) is 22.4 Å². The van der Waals surface area contributed by atoms with E-state index in [1.807, 2.05) is 30.3 Å². The average molecular weight is 471 g/mol. The maximum Gasteiger partial charge on any atom is 0.322 e. The molecule has 3 heterocycles. The number of para-hydroxylation sites is 1. The largest absolute Gasteiger partial charge is 0.357 e. The van der Waals surface area contributed by atoms with E-state index < -0.39 is 36.9 Å². The van der Waals surface area contributed by atoms with E-state index >= 15 is 0 Å². The number of aromatic nitrogens is 2. The first-order chi connectivity index (χ1) is 16.1. The van der Waals surface area contributed by atoms with Gasteiger partial charge in [-0.05, 0) is 48.7 Å². The molecule has 0 amide bonds. The highest BCUT2D eigenvalue weighted by molar-refractivity contribution is 5.89. The maximum absolute atomic E-state index is 14.9. The van der Waals surface area contributed by atoms with Crippen LogP contribution in [0.3, 0.4) is 0 Å². The number of aromatic amines is 2. The molecule has 0 radical (unpaired) electrons. The van der Waals surface area contributed by atoms with Gasteiger partial charge in [0.25, 0.3) is 0 Å². The van der Waals surface area contributed by atoms with Crippen molar-refractivity contribution in [3.8, 4) is 0 Å². The third kappa shape index (κ3) is 3.52. The topological polar surface area (TPSA) is 51.9 Å². The highest BCUT2D eigenvalue weighted by atomic mass is 19.3. The van der Waals surface area contributed by atoms with Crippen LogP contribution >= 0.6 is 0 Å². The second kappa shape index (κ2) is 7.98. The van der Waals surface area contributed by atoms with Gasteiger partial charge in [-0.25, -0.2) is 0 Å². The molecule has 0 saturated carbocycles. The number of carbonyl (C=O) groups excluding carboxylic acids is 1. The summed E-state index contributed by atoms with van der Waals surface area (Å²) >= 11 is 0. The lowest BCUT2D eigenvalue weighted by molar-refractivity contribution is -0.222. The summed E-state index contributed by atoms with van der Waals surface area (Å²) in [5.74, 6) is -8.30. The molecule has 0 fully saturated rings. The molecule has 0 unspecified atom stereocenters. The lowest BCUT2D eigenvalue weighted by Gasteiger charge is -2.43. The molecule has 4 aromatic rings. The molecule has 5 rings (SSSR count). The lowest BCUT2D eigenvalue weighted by Crippen LogP contribution is -2.54. The Morgan fingerprint density at radius 1 is 1.03 bits per heavy atom. The minimum Gasteiger partial charge on any atom is -0.357 e. The summed E-state index contributed by atoms with van der Waals surface area (Å²) in [5, 5.41) is 1.76. The number of fused-ring (bicyclic) bond motifs is 4. The van der Waals surface area contributed by atoms with Crippen molar-refractivity contribution in [2.75, 3.05) is 6.54 Å². The number of H-pyrrole nitrogens is 2. The minimum absolute atomic E-state index is 0.400. The van der Waals surface area contributed by atoms with E-state index in [2.05, 4.69) is 9.97 Å². The number of halogens is 4. The van der Waals surface area contributed by atoms with Crippen LogP contribution in [0.25, 0.3) is 21.8 Å². The molecule has 0 bridgehead atoms. The van der Waals surface area contributed by atoms with E-state index in [4.69, 9.17) is 0 Å². The number of rotatable bonds is 6. The number of carbonyl (C=O) groups is 1. The average Bonchev–Trinajstić information content (AvgIpc) is 3.39. The highest BCUT2D eigenvalue weighted by Crippen LogP contribution is 2.45. The minimum atomic E-state index is -4.19. The van der Waals surface area contributed by atoms with Crippen LogP contribution in [0.4, 0.5) is 17.6 Å². The van der Waals surface area contributed by atoms with E-state index in [1.165, 1.54) is 4.90 Å². The summed E-state index contributed by atoms with van der Waals surface area (Å²) in [4.78, 5) is 19.1. The third-order valence-corrected chi connectivity index (χ3v) is 6.99. The van der Waals surface area contributed by atoms with Crippen LogP contribution in [-0.4, -0.2) is 45.6 Å². The van der Waals surface area contributed by atoms with Crippen LogP contribution in [0.5, 0.6) is 0 Å². The monoisotopic (exact) mass is 471 g/mol. The van der Waals surface area contributed by atoms with Crippen molar-refractivity contribution in [1.29, 1.82) is 0 Å². The maximum atomic E-state index is 14.9. The van der Waals surface area contributed by atoms with Crippen molar-refractivity contribution in [2.24, 2.45) is 0 Å². The standard InChI is InChI=1S/C26H25F4N3O/c1-3-25(27,28)26(29,30)14-33-15(2)10-20-19-6-4-5-7-22(19)32-23(20)24(33)16-8-9-21-17(11-16)12-18(13-34)31-21/h4-9,11-13,15,24,31-32H,3,10,14H2,1-2H3/t15-,24-/m1/s1. The van der Waals surface area contributed by atoms with Crippen LogP contribution < -0.4 is 0 Å². The lowest BCUT2D eigenvalue weighted by atomic mass is 9.87. The quantitative estimate of drug-likeness (QED) is 0.250. The number of aldehydes is 1. The van der Waals surface area contributed by atoms with Crippen molar-refractivity contribution in [1.82, 2.24) is 14.9 Å². The molecule has 2 aromatic heterocycles. The molecular weight excluding hydrogens is 446 g/mol. The molecule has 1 aliphatic heterocycles. The van der Waals surface area contributed by atoms with E-state index in [-0.39, 0.29) is 0 Å². The fourth-order valence-electron chi connectivity index (χ4n) is 5.12. The molecule has 4 nitrogen and oxygen atoms in total. The van der Waals surface area contributed by atoms with Crippen molar-refractivity contribution in [2.45, 2.75) is 50.6 Å². The number of benzene rings is 2. The second-order valence-electron chi connectivity index (χ2n) is 9.14. The van der Waals surface area contributed by atoms with Gasteiger partial charge in [-0.1, -0.05) is 31.2 Å². The van der Waals surface area contributed by atoms with Gasteiger partial charge in [0.1, 0.15) is 0 Å². The van der Waals surface area contributed by atoms with Gasteiger partial charge < -0.3 is 9.97 Å². The molecule has 0 saturated heterocycles. The predicted octanol–water partition coefficient (Wildman–Crippen LogP) is 6.48. The molecule has 0 aliphatic carbocycles. The zero-order valence-corrected chi connectivity index (χ0v) is 18.8. The Hall–Kier alpha value is -3.13. The molecular formula is C26H25F4N3O. The number of nitrogens with one attached hydrogen (secondary N) is 2. The van der Waals surface area contributed by atoms with Crippen LogP contribution in [0.1, 0.15) is 53.6 Å². The Morgan fingerprint density at radius 3 is 2.53 bits per heavy atom. The Bertz CT molecular complexity index is 1370. The van der Waals surface area contributed by atoms with Gasteiger partial charge >= 0.3 is 11.8 Å². The van der Waals surface area contributed by atoms with Crippen molar-refractivity contribution >= 4 is 28.1 Å². The van der Waals surface area contributed by atoms with Crippen LogP contribution in [0.2, 0.25) is 0 Å². The van der Waals surface area contributed by atoms with E-state index in [0.717, 1.165) is 40.0 Å². The summed E-state index contributed by atoms with van der Waals surface area (Å²) in [6.07, 6.45) is 0.234. The first-order valence-corrected chi connectivity index (χ1v) is 11.3. The van der Waals surface area contributed by atoms with Gasteiger partial charge in [0.2, 0.25) is 0 Å². The molecule has 2 N–H and O–H groups in total. The van der Waals surface area contributed by atoms with Crippen LogP contribution in [0.15, 0.2) is 48.5 Å². The zero-order chi connectivity index (χ0) is 24.3. The number of nitrogens with zero attached hydrogens (tertiary/aromatic N) is 1. The van der Waals surface area contributed by atoms with E-state index in [0.29, 0.717) is 24.0 Å². The normalized spacial score (nSPS) is 19.6. The van der Waals surface area contributed by atoms with Gasteiger partial charge in [-0.3, -0.25) is 9.69 Å². The molecule has 178 valence electrons. The zero-order valence-electron chi connectivity index (χ0n) is 18.8. The van der Waals surface area contributed by atoms with Gasteiger partial charge in [-0.15, -0.1) is 0 Å². The fourth-order valence-corrected chi connectivity index (χ4v) is 5.12. The second-order valence-corrected chi connectivity index (χ2v) is 9.14. The number of hydrogen-bond donors (Lipinski definition) is 2. The first-order valence-electron chi connectivity index (χ1n) is 11.3. The molecule has 8 heteroatoms. The number of alkyl halides is 4. The summed E-state index contributed by atoms with van der Waals surface area (Å²) < 4.78 is 58.2. The highest BCUT2D eigenvalue weighted by Gasteiger charge is 2.56. The van der Waals surface area contributed by atoms with Crippen molar-refractivity contribution < 1.29 is 22.4 Å². The van der Waals surface area contributed by atoms with Gasteiger partial charge in [0, 0.05) is 40.0 Å². The Labute approximate surface area is 193 Å². The fraction of sp³-hybridized carbons (Fsp3) is 0.346. The van der Waals surface area contributed by atoms with Crippen LogP contribution in [0, 0.1) is 0 Å². The van der Waals surface area contributed by atoms with Gasteiger partial charge in [0.15, 0.2) is 6.29 Å². The first kappa shape index (κ1) is 22.7. The SMILES string of the molecule is CCC(F)(F)C(F)(F)CN1[C@H](c2ccc3[nH]c(C=O)cc3c2)c2[nH]c3ccccc3c2C[C@H]1C. The Morgan fingerprint density at radius 2 is 1.79 bits per heavy atom. The molecule has 1 aliphatic rings. The summed E-state index contributed by atoms with van der Waals surface area (Å²) in [5.41, 5.74) is 4.46. The van der Waals surface area contributed by atoms with Crippen molar-refractivity contribution in [3.05, 3.63) is 71.0 Å². The third-order valence-electron chi connectivity index (χ3n) is 6.99. The Balaban J connectivity index is 1.68. The predicted molar refractivity (Wildman–Crippen MR) is 124 cm³/mol. The summed E-state index contributed by atoms with van der Waals surface area (Å²) in [6.45, 7) is 1.81.